The van der Waals surface area contributed by atoms with Crippen LogP contribution in [0.15, 0.2) is 23.4 Å². The largest absolute Gasteiger partial charge is 0.481 e. The molecule has 0 fully saturated rings. The van der Waals surface area contributed by atoms with Gasteiger partial charge in [0.2, 0.25) is 0 Å². The van der Waals surface area contributed by atoms with Crippen molar-refractivity contribution in [1.29, 1.82) is 0 Å². The van der Waals surface area contributed by atoms with Crippen molar-refractivity contribution in [2.24, 2.45) is 0 Å². The molecule has 1 heterocycles. The summed E-state index contributed by atoms with van der Waals surface area (Å²) >= 11 is 2.82. The number of hydrogen-bond donors (Lipinski definition) is 1. The summed E-state index contributed by atoms with van der Waals surface area (Å²) in [7, 11) is 0. The molecule has 0 spiro atoms. The minimum atomic E-state index is -0.914. The Bertz CT molecular complexity index is 670. The SMILES string of the molecule is CSC(C)(C)Cn1c(SCC(=O)O)nc2c(F)cccc21. The fourth-order valence-corrected chi connectivity index (χ4v) is 2.91. The van der Waals surface area contributed by atoms with Crippen molar-refractivity contribution in [3.8, 4) is 0 Å². The van der Waals surface area contributed by atoms with Crippen molar-refractivity contribution in [2.75, 3.05) is 12.0 Å². The summed E-state index contributed by atoms with van der Waals surface area (Å²) in [6.07, 6.45) is 2.02. The summed E-state index contributed by atoms with van der Waals surface area (Å²) in [5.74, 6) is -1.39. The Kier molecular flexibility index (Phi) is 4.83. The summed E-state index contributed by atoms with van der Waals surface area (Å²) in [6, 6.07) is 4.82. The number of benzene rings is 1. The number of fused-ring (bicyclic) bond motifs is 1. The smallest absolute Gasteiger partial charge is 0.313 e. The van der Waals surface area contributed by atoms with Gasteiger partial charge in [0, 0.05) is 11.3 Å². The number of para-hydroxylation sites is 1. The number of hydrogen-bond acceptors (Lipinski definition) is 4. The van der Waals surface area contributed by atoms with E-state index in [1.165, 1.54) is 6.07 Å². The highest BCUT2D eigenvalue weighted by Gasteiger charge is 2.22. The minimum Gasteiger partial charge on any atom is -0.481 e. The number of rotatable bonds is 6. The molecule has 7 heteroatoms. The molecule has 2 rings (SSSR count). The molecule has 114 valence electrons. The third-order valence-electron chi connectivity index (χ3n) is 3.11. The van der Waals surface area contributed by atoms with Crippen LogP contribution in [0.4, 0.5) is 4.39 Å². The van der Waals surface area contributed by atoms with E-state index in [4.69, 9.17) is 5.11 Å². The van der Waals surface area contributed by atoms with E-state index in [1.54, 1.807) is 17.8 Å². The van der Waals surface area contributed by atoms with Crippen LogP contribution in [0, 0.1) is 5.82 Å². The molecule has 0 atom stereocenters. The second kappa shape index (κ2) is 6.27. The number of carbonyl (C=O) groups is 1. The lowest BCUT2D eigenvalue weighted by molar-refractivity contribution is -0.133. The Hall–Kier alpha value is -1.21. The van der Waals surface area contributed by atoms with Crippen molar-refractivity contribution in [3.05, 3.63) is 24.0 Å². The van der Waals surface area contributed by atoms with E-state index in [0.29, 0.717) is 22.7 Å². The molecule has 2 aromatic rings. The van der Waals surface area contributed by atoms with Gasteiger partial charge in [0.05, 0.1) is 11.3 Å². The third-order valence-corrected chi connectivity index (χ3v) is 5.31. The number of carboxylic acid groups (broad SMARTS) is 1. The van der Waals surface area contributed by atoms with E-state index in [0.717, 1.165) is 11.8 Å². The van der Waals surface area contributed by atoms with Crippen LogP contribution < -0.4 is 0 Å². The van der Waals surface area contributed by atoms with Gasteiger partial charge >= 0.3 is 5.97 Å². The molecule has 1 N–H and O–H groups in total. The van der Waals surface area contributed by atoms with Gasteiger partial charge in [-0.2, -0.15) is 11.8 Å². The highest BCUT2D eigenvalue weighted by atomic mass is 32.2. The number of aliphatic carboxylic acids is 1. The molecule has 0 saturated carbocycles. The Morgan fingerprint density at radius 1 is 1.48 bits per heavy atom. The number of thioether (sulfide) groups is 2. The zero-order valence-corrected chi connectivity index (χ0v) is 13.7. The second-order valence-electron chi connectivity index (χ2n) is 5.23. The van der Waals surface area contributed by atoms with Gasteiger partial charge in [-0.3, -0.25) is 4.79 Å². The van der Waals surface area contributed by atoms with Gasteiger partial charge in [0.25, 0.3) is 0 Å². The summed E-state index contributed by atoms with van der Waals surface area (Å²) in [5.41, 5.74) is 0.993. The van der Waals surface area contributed by atoms with Crippen molar-refractivity contribution >= 4 is 40.5 Å². The Labute approximate surface area is 131 Å². The normalized spacial score (nSPS) is 12.0. The molecule has 0 aliphatic carbocycles. The van der Waals surface area contributed by atoms with E-state index in [-0.39, 0.29) is 16.3 Å². The van der Waals surface area contributed by atoms with Crippen molar-refractivity contribution < 1.29 is 14.3 Å². The van der Waals surface area contributed by atoms with E-state index >= 15 is 0 Å². The van der Waals surface area contributed by atoms with Gasteiger partial charge in [-0.15, -0.1) is 0 Å². The Balaban J connectivity index is 2.49. The average Bonchev–Trinajstić information content (AvgIpc) is 2.76. The van der Waals surface area contributed by atoms with Crippen LogP contribution in [0.1, 0.15) is 13.8 Å². The second-order valence-corrected chi connectivity index (χ2v) is 7.69. The van der Waals surface area contributed by atoms with Crippen LogP contribution in [-0.2, 0) is 11.3 Å². The molecule has 0 radical (unpaired) electrons. The zero-order chi connectivity index (χ0) is 15.6. The molecule has 1 aromatic heterocycles. The summed E-state index contributed by atoms with van der Waals surface area (Å²) in [6.45, 7) is 4.82. The fourth-order valence-electron chi connectivity index (χ4n) is 1.93. The first-order chi connectivity index (χ1) is 9.84. The van der Waals surface area contributed by atoms with E-state index in [9.17, 15) is 9.18 Å². The molecule has 21 heavy (non-hydrogen) atoms. The lowest BCUT2D eigenvalue weighted by atomic mass is 10.2. The first-order valence-electron chi connectivity index (χ1n) is 6.38. The average molecular weight is 328 g/mol. The molecule has 0 aliphatic heterocycles. The molecule has 0 unspecified atom stereocenters. The number of halogens is 1. The highest BCUT2D eigenvalue weighted by Crippen LogP contribution is 2.31. The minimum absolute atomic E-state index is 0.0571. The molecular formula is C14H17FN2O2S2. The Morgan fingerprint density at radius 2 is 2.19 bits per heavy atom. The lowest BCUT2D eigenvalue weighted by Crippen LogP contribution is -2.23. The van der Waals surface area contributed by atoms with Crippen LogP contribution in [-0.4, -0.2) is 37.4 Å². The predicted octanol–water partition coefficient (Wildman–Crippen LogP) is 3.49. The maximum absolute atomic E-state index is 13.9. The number of carboxylic acids is 1. The third kappa shape index (κ3) is 3.71. The molecule has 0 aliphatic rings. The van der Waals surface area contributed by atoms with Crippen LogP contribution in [0.3, 0.4) is 0 Å². The number of imidazole rings is 1. The lowest BCUT2D eigenvalue weighted by Gasteiger charge is -2.24. The maximum atomic E-state index is 13.9. The van der Waals surface area contributed by atoms with E-state index in [2.05, 4.69) is 18.8 Å². The Morgan fingerprint density at radius 3 is 2.81 bits per heavy atom. The van der Waals surface area contributed by atoms with Gasteiger partial charge in [0.1, 0.15) is 5.52 Å². The number of aromatic nitrogens is 2. The fraction of sp³-hybridized carbons (Fsp3) is 0.429. The number of nitrogens with zero attached hydrogens (tertiary/aromatic N) is 2. The first-order valence-corrected chi connectivity index (χ1v) is 8.59. The molecule has 0 saturated heterocycles. The van der Waals surface area contributed by atoms with E-state index in [1.807, 2.05) is 16.9 Å². The van der Waals surface area contributed by atoms with E-state index < -0.39 is 5.97 Å². The van der Waals surface area contributed by atoms with Crippen molar-refractivity contribution in [1.82, 2.24) is 9.55 Å². The molecule has 1 aromatic carbocycles. The molecular weight excluding hydrogens is 311 g/mol. The van der Waals surface area contributed by atoms with Crippen LogP contribution in [0.25, 0.3) is 11.0 Å². The highest BCUT2D eigenvalue weighted by molar-refractivity contribution is 8.00. The quantitative estimate of drug-likeness (QED) is 0.823. The van der Waals surface area contributed by atoms with Gasteiger partial charge < -0.3 is 9.67 Å². The molecule has 4 nitrogen and oxygen atoms in total. The van der Waals surface area contributed by atoms with Crippen LogP contribution in [0.5, 0.6) is 0 Å². The van der Waals surface area contributed by atoms with Crippen molar-refractivity contribution in [3.63, 3.8) is 0 Å². The standard InChI is InChI=1S/C14H17FN2O2S2/c1-14(2,20-3)8-17-10-6-4-5-9(15)12(10)16-13(17)21-7-11(18)19/h4-6H,7-8H2,1-3H3,(H,18,19). The van der Waals surface area contributed by atoms with Gasteiger partial charge in [-0.05, 0) is 32.2 Å². The molecule has 0 bridgehead atoms. The van der Waals surface area contributed by atoms with Gasteiger partial charge in [0.15, 0.2) is 11.0 Å². The molecule has 0 amide bonds. The van der Waals surface area contributed by atoms with Crippen LogP contribution >= 0.6 is 23.5 Å². The maximum Gasteiger partial charge on any atom is 0.313 e. The summed E-state index contributed by atoms with van der Waals surface area (Å²) < 4.78 is 15.7. The summed E-state index contributed by atoms with van der Waals surface area (Å²) in [4.78, 5) is 15.1. The first kappa shape index (κ1) is 16.2. The zero-order valence-electron chi connectivity index (χ0n) is 12.1. The summed E-state index contributed by atoms with van der Waals surface area (Å²) in [5, 5.41) is 9.38. The predicted molar refractivity (Wildman–Crippen MR) is 85.6 cm³/mol. The van der Waals surface area contributed by atoms with Gasteiger partial charge in [-0.25, -0.2) is 9.37 Å². The van der Waals surface area contributed by atoms with Crippen LogP contribution in [0.2, 0.25) is 0 Å². The monoisotopic (exact) mass is 328 g/mol. The topological polar surface area (TPSA) is 55.1 Å². The van der Waals surface area contributed by atoms with Crippen molar-refractivity contribution in [2.45, 2.75) is 30.3 Å². The van der Waals surface area contributed by atoms with Gasteiger partial charge in [-0.1, -0.05) is 17.8 Å².